The van der Waals surface area contributed by atoms with Crippen LogP contribution in [0.25, 0.3) is 11.0 Å². The Balaban J connectivity index is 1.47. The molecular weight excluding hydrogens is 320 g/mol. The lowest BCUT2D eigenvalue weighted by Crippen LogP contribution is -2.43. The standard InChI is InChI=1S/C19H20N2O4/c22-19(18-12-14-4-1-2-5-16(14)25-18)20-13-15(17-6-3-9-24-17)21-7-10-23-11-8-21/h1-6,9,12,15H,7-8,10-11,13H2,(H,20,22)/t15-/m0/s1. The van der Waals surface area contributed by atoms with Crippen molar-refractivity contribution < 1.29 is 18.4 Å². The summed E-state index contributed by atoms with van der Waals surface area (Å²) in [5.74, 6) is 0.939. The van der Waals surface area contributed by atoms with Gasteiger partial charge in [-0.15, -0.1) is 0 Å². The first kappa shape index (κ1) is 15.9. The molecule has 0 radical (unpaired) electrons. The lowest BCUT2D eigenvalue weighted by Gasteiger charge is -2.33. The van der Waals surface area contributed by atoms with E-state index in [4.69, 9.17) is 13.6 Å². The molecule has 1 aromatic carbocycles. The van der Waals surface area contributed by atoms with Crippen LogP contribution in [-0.4, -0.2) is 43.7 Å². The van der Waals surface area contributed by atoms with Crippen LogP contribution in [0.4, 0.5) is 0 Å². The Hall–Kier alpha value is -2.57. The van der Waals surface area contributed by atoms with Crippen LogP contribution < -0.4 is 5.32 Å². The molecular formula is C19H20N2O4. The molecule has 25 heavy (non-hydrogen) atoms. The van der Waals surface area contributed by atoms with Crippen molar-refractivity contribution >= 4 is 16.9 Å². The van der Waals surface area contributed by atoms with E-state index in [1.807, 2.05) is 36.4 Å². The molecule has 130 valence electrons. The molecule has 1 aliphatic heterocycles. The summed E-state index contributed by atoms with van der Waals surface area (Å²) in [7, 11) is 0. The Labute approximate surface area is 145 Å². The number of ether oxygens (including phenoxy) is 1. The minimum absolute atomic E-state index is 0.0211. The molecule has 0 spiro atoms. The number of carbonyl (C=O) groups is 1. The molecule has 1 N–H and O–H groups in total. The highest BCUT2D eigenvalue weighted by atomic mass is 16.5. The molecule has 6 heteroatoms. The number of nitrogens with one attached hydrogen (secondary N) is 1. The third-order valence-electron chi connectivity index (χ3n) is 4.46. The summed E-state index contributed by atoms with van der Waals surface area (Å²) in [4.78, 5) is 14.8. The first-order valence-electron chi connectivity index (χ1n) is 8.43. The Kier molecular flexibility index (Phi) is 4.54. The van der Waals surface area contributed by atoms with Gasteiger partial charge in [0.25, 0.3) is 5.91 Å². The molecule has 0 unspecified atom stereocenters. The highest BCUT2D eigenvalue weighted by Gasteiger charge is 2.25. The molecule has 0 saturated carbocycles. The van der Waals surface area contributed by atoms with Crippen LogP contribution in [0.5, 0.6) is 0 Å². The molecule has 3 aromatic rings. The van der Waals surface area contributed by atoms with E-state index in [2.05, 4.69) is 10.2 Å². The SMILES string of the molecule is O=C(NC[C@@H](c1ccco1)N1CCOCC1)c1cc2ccccc2o1. The number of furan rings is 2. The molecule has 1 saturated heterocycles. The maximum absolute atomic E-state index is 12.5. The van der Waals surface area contributed by atoms with E-state index in [1.54, 1.807) is 12.3 Å². The van der Waals surface area contributed by atoms with Crippen molar-refractivity contribution in [3.8, 4) is 0 Å². The first-order chi connectivity index (χ1) is 12.3. The van der Waals surface area contributed by atoms with Crippen LogP contribution in [0, 0.1) is 0 Å². The van der Waals surface area contributed by atoms with Gasteiger partial charge in [0.1, 0.15) is 11.3 Å². The van der Waals surface area contributed by atoms with Gasteiger partial charge in [-0.25, -0.2) is 0 Å². The molecule has 3 heterocycles. The van der Waals surface area contributed by atoms with Crippen LogP contribution in [0.1, 0.15) is 22.4 Å². The van der Waals surface area contributed by atoms with Crippen LogP contribution >= 0.6 is 0 Å². The number of fused-ring (bicyclic) bond motifs is 1. The van der Waals surface area contributed by atoms with Crippen LogP contribution in [0.3, 0.4) is 0 Å². The van der Waals surface area contributed by atoms with E-state index >= 15 is 0 Å². The second kappa shape index (κ2) is 7.13. The highest BCUT2D eigenvalue weighted by molar-refractivity contribution is 5.96. The summed E-state index contributed by atoms with van der Waals surface area (Å²) in [5.41, 5.74) is 0.711. The smallest absolute Gasteiger partial charge is 0.287 e. The third-order valence-corrected chi connectivity index (χ3v) is 4.46. The molecule has 0 aliphatic carbocycles. The lowest BCUT2D eigenvalue weighted by atomic mass is 10.1. The first-order valence-corrected chi connectivity index (χ1v) is 8.43. The molecule has 1 atom stereocenters. The van der Waals surface area contributed by atoms with E-state index in [0.717, 1.165) is 24.2 Å². The second-order valence-corrected chi connectivity index (χ2v) is 6.04. The number of hydrogen-bond donors (Lipinski definition) is 1. The van der Waals surface area contributed by atoms with Gasteiger partial charge in [-0.3, -0.25) is 9.69 Å². The Morgan fingerprint density at radius 2 is 2.00 bits per heavy atom. The number of rotatable bonds is 5. The fraction of sp³-hybridized carbons (Fsp3) is 0.316. The number of para-hydroxylation sites is 1. The predicted octanol–water partition coefficient (Wildman–Crippen LogP) is 2.83. The van der Waals surface area contributed by atoms with E-state index < -0.39 is 0 Å². The summed E-state index contributed by atoms with van der Waals surface area (Å²) in [6, 6.07) is 13.1. The number of morpholine rings is 1. The number of carbonyl (C=O) groups excluding carboxylic acids is 1. The summed E-state index contributed by atoms with van der Waals surface area (Å²) in [6.07, 6.45) is 1.66. The molecule has 0 bridgehead atoms. The highest BCUT2D eigenvalue weighted by Crippen LogP contribution is 2.22. The molecule has 6 nitrogen and oxygen atoms in total. The zero-order chi connectivity index (χ0) is 17.1. The molecule has 2 aromatic heterocycles. The maximum atomic E-state index is 12.5. The average molecular weight is 340 g/mol. The Bertz CT molecular complexity index is 801. The van der Waals surface area contributed by atoms with E-state index in [-0.39, 0.29) is 11.9 Å². The second-order valence-electron chi connectivity index (χ2n) is 6.04. The number of nitrogens with zero attached hydrogens (tertiary/aromatic N) is 1. The van der Waals surface area contributed by atoms with E-state index in [9.17, 15) is 4.79 Å². The van der Waals surface area contributed by atoms with Crippen LogP contribution in [0.2, 0.25) is 0 Å². The van der Waals surface area contributed by atoms with Gasteiger partial charge >= 0.3 is 0 Å². The molecule has 1 aliphatic rings. The fourth-order valence-electron chi connectivity index (χ4n) is 3.15. The van der Waals surface area contributed by atoms with Crippen molar-refractivity contribution in [2.24, 2.45) is 0 Å². The van der Waals surface area contributed by atoms with Crippen LogP contribution in [-0.2, 0) is 4.74 Å². The quantitative estimate of drug-likeness (QED) is 0.773. The summed E-state index contributed by atoms with van der Waals surface area (Å²) in [6.45, 7) is 3.45. The van der Waals surface area contributed by atoms with E-state index in [0.29, 0.717) is 31.1 Å². The third kappa shape index (κ3) is 3.45. The van der Waals surface area contributed by atoms with E-state index in [1.165, 1.54) is 0 Å². The van der Waals surface area contributed by atoms with Gasteiger partial charge < -0.3 is 18.9 Å². The fourth-order valence-corrected chi connectivity index (χ4v) is 3.15. The minimum Gasteiger partial charge on any atom is -0.468 e. The summed E-state index contributed by atoms with van der Waals surface area (Å²) < 4.78 is 16.6. The van der Waals surface area contributed by atoms with Gasteiger partial charge in [0.15, 0.2) is 5.76 Å². The lowest BCUT2D eigenvalue weighted by molar-refractivity contribution is 0.0117. The number of amides is 1. The maximum Gasteiger partial charge on any atom is 0.287 e. The minimum atomic E-state index is -0.221. The van der Waals surface area contributed by atoms with Crippen molar-refractivity contribution in [2.75, 3.05) is 32.8 Å². The van der Waals surface area contributed by atoms with Crippen molar-refractivity contribution in [3.05, 3.63) is 60.2 Å². The predicted molar refractivity (Wildman–Crippen MR) is 92.4 cm³/mol. The zero-order valence-electron chi connectivity index (χ0n) is 13.8. The van der Waals surface area contributed by atoms with Crippen molar-refractivity contribution in [2.45, 2.75) is 6.04 Å². The van der Waals surface area contributed by atoms with Gasteiger partial charge in [-0.1, -0.05) is 18.2 Å². The van der Waals surface area contributed by atoms with Crippen molar-refractivity contribution in [3.63, 3.8) is 0 Å². The molecule has 1 fully saturated rings. The molecule has 4 rings (SSSR count). The normalized spacial score (nSPS) is 16.8. The zero-order valence-corrected chi connectivity index (χ0v) is 13.8. The van der Waals surface area contributed by atoms with Gasteiger partial charge in [-0.05, 0) is 24.3 Å². The van der Waals surface area contributed by atoms with Crippen molar-refractivity contribution in [1.29, 1.82) is 0 Å². The van der Waals surface area contributed by atoms with Crippen LogP contribution in [0.15, 0.2) is 57.6 Å². The summed E-state index contributed by atoms with van der Waals surface area (Å²) in [5, 5.41) is 3.89. The van der Waals surface area contributed by atoms with Crippen molar-refractivity contribution in [1.82, 2.24) is 10.2 Å². The number of hydrogen-bond acceptors (Lipinski definition) is 5. The Morgan fingerprint density at radius 3 is 2.76 bits per heavy atom. The van der Waals surface area contributed by atoms with Gasteiger partial charge in [-0.2, -0.15) is 0 Å². The summed E-state index contributed by atoms with van der Waals surface area (Å²) >= 11 is 0. The molecule has 1 amide bonds. The largest absolute Gasteiger partial charge is 0.468 e. The van der Waals surface area contributed by atoms with Gasteiger partial charge in [0, 0.05) is 25.0 Å². The topological polar surface area (TPSA) is 67.9 Å². The Morgan fingerprint density at radius 1 is 1.16 bits per heavy atom. The number of benzene rings is 1. The monoisotopic (exact) mass is 340 g/mol. The van der Waals surface area contributed by atoms with Gasteiger partial charge in [0.05, 0.1) is 25.5 Å². The van der Waals surface area contributed by atoms with Gasteiger partial charge in [0.2, 0.25) is 0 Å². The average Bonchev–Trinajstić information content (AvgIpc) is 3.32.